The summed E-state index contributed by atoms with van der Waals surface area (Å²) in [5, 5.41) is 0. The van der Waals surface area contributed by atoms with Gasteiger partial charge in [-0.15, -0.1) is 0 Å². The normalized spacial score (nSPS) is 12.4. The molecule has 0 aliphatic carbocycles. The summed E-state index contributed by atoms with van der Waals surface area (Å²) in [6.07, 6.45) is 0. The van der Waals surface area contributed by atoms with Crippen LogP contribution in [0.1, 0.15) is 60.7 Å². The van der Waals surface area contributed by atoms with Crippen molar-refractivity contribution in [1.82, 2.24) is 0 Å². The molecule has 5 nitrogen and oxygen atoms in total. The van der Waals surface area contributed by atoms with Crippen molar-refractivity contribution in [2.45, 2.75) is 33.6 Å². The van der Waals surface area contributed by atoms with E-state index in [4.69, 9.17) is 9.47 Å². The molecule has 0 bridgehead atoms. The number of benzene rings is 3. The number of fused-ring (bicyclic) bond motifs is 2. The van der Waals surface area contributed by atoms with E-state index < -0.39 is 0 Å². The van der Waals surface area contributed by atoms with Gasteiger partial charge < -0.3 is 19.3 Å². The monoisotopic (exact) mass is 614 g/mol. The van der Waals surface area contributed by atoms with Crippen molar-refractivity contribution in [3.05, 3.63) is 79.7 Å². The highest BCUT2D eigenvalue weighted by Crippen LogP contribution is 2.52. The van der Waals surface area contributed by atoms with Gasteiger partial charge in [-0.3, -0.25) is 0 Å². The Bertz CT molecular complexity index is 1200. The average molecular weight is 616 g/mol. The van der Waals surface area contributed by atoms with Crippen LogP contribution in [0, 0.1) is 0 Å². The fourth-order valence-corrected chi connectivity index (χ4v) is 6.25. The Labute approximate surface area is 230 Å². The zero-order valence-electron chi connectivity index (χ0n) is 21.4. The Morgan fingerprint density at radius 2 is 1.28 bits per heavy atom. The largest absolute Gasteiger partial charge is 0.465 e. The maximum atomic E-state index is 12.8. The third-order valence-electron chi connectivity index (χ3n) is 6.89. The molecule has 1 aliphatic rings. The van der Waals surface area contributed by atoms with Crippen LogP contribution in [0.4, 0.5) is 11.4 Å². The maximum absolute atomic E-state index is 12.8. The van der Waals surface area contributed by atoms with E-state index in [1.165, 1.54) is 7.11 Å². The Morgan fingerprint density at radius 1 is 0.806 bits per heavy atom. The summed E-state index contributed by atoms with van der Waals surface area (Å²) in [6, 6.07) is 16.2. The molecule has 1 heterocycles. The third kappa shape index (κ3) is 4.75. The van der Waals surface area contributed by atoms with Gasteiger partial charge in [0.15, 0.2) is 0 Å². The van der Waals surface area contributed by atoms with Gasteiger partial charge in [0, 0.05) is 64.3 Å². The highest BCUT2D eigenvalue weighted by molar-refractivity contribution is 9.11. The van der Waals surface area contributed by atoms with Crippen molar-refractivity contribution < 1.29 is 14.3 Å². The molecule has 0 N–H and O–H groups in total. The molecule has 0 saturated carbocycles. The van der Waals surface area contributed by atoms with E-state index in [2.05, 4.69) is 93.6 Å². The first-order valence-electron chi connectivity index (χ1n) is 12.4. The number of ether oxygens (including phenoxy) is 2. The highest BCUT2D eigenvalue weighted by Gasteiger charge is 2.34. The van der Waals surface area contributed by atoms with Gasteiger partial charge >= 0.3 is 5.97 Å². The lowest BCUT2D eigenvalue weighted by atomic mass is 9.80. The summed E-state index contributed by atoms with van der Waals surface area (Å²) in [7, 11) is 1.42. The average Bonchev–Trinajstić information content (AvgIpc) is 2.89. The number of carbonyl (C=O) groups is 1. The lowest BCUT2D eigenvalue weighted by Crippen LogP contribution is -2.24. The van der Waals surface area contributed by atoms with E-state index >= 15 is 0 Å². The fraction of sp³-hybridized carbons (Fsp3) is 0.345. The summed E-state index contributed by atoms with van der Waals surface area (Å²) in [4.78, 5) is 17.4. The Balaban J connectivity index is 2.00. The number of esters is 1. The summed E-state index contributed by atoms with van der Waals surface area (Å²) >= 11 is 7.64. The van der Waals surface area contributed by atoms with Gasteiger partial charge in [-0.25, -0.2) is 4.79 Å². The number of halogens is 2. The van der Waals surface area contributed by atoms with Crippen molar-refractivity contribution in [3.63, 3.8) is 0 Å². The number of hydrogen-bond donors (Lipinski definition) is 0. The van der Waals surface area contributed by atoms with Crippen LogP contribution in [0.15, 0.2) is 57.5 Å². The first kappa shape index (κ1) is 26.6. The number of hydrogen-bond acceptors (Lipinski definition) is 5. The van der Waals surface area contributed by atoms with Crippen molar-refractivity contribution in [1.29, 1.82) is 0 Å². The summed E-state index contributed by atoms with van der Waals surface area (Å²) < 4.78 is 13.8. The molecule has 0 aromatic heterocycles. The summed E-state index contributed by atoms with van der Waals surface area (Å²) in [5.41, 5.74) is 5.62. The molecule has 0 fully saturated rings. The maximum Gasteiger partial charge on any atom is 0.338 e. The molecule has 3 aromatic rings. The lowest BCUT2D eigenvalue weighted by molar-refractivity contribution is 0.0599. The second kappa shape index (κ2) is 11.3. The number of carbonyl (C=O) groups excluding carboxylic acids is 1. The Hall–Kier alpha value is -2.51. The van der Waals surface area contributed by atoms with Gasteiger partial charge in [0.1, 0.15) is 11.5 Å². The van der Waals surface area contributed by atoms with Crippen LogP contribution in [0.5, 0.6) is 11.5 Å². The molecule has 7 heteroatoms. The van der Waals surface area contributed by atoms with Gasteiger partial charge in [0.2, 0.25) is 0 Å². The zero-order chi connectivity index (χ0) is 26.0. The van der Waals surface area contributed by atoms with Crippen molar-refractivity contribution in [2.75, 3.05) is 43.1 Å². The van der Waals surface area contributed by atoms with Crippen LogP contribution >= 0.6 is 31.9 Å². The summed E-state index contributed by atoms with van der Waals surface area (Å²) in [5.74, 6) is 1.04. The molecule has 0 saturated heterocycles. The number of methoxy groups -OCH3 is 1. The van der Waals surface area contributed by atoms with Crippen LogP contribution in [-0.4, -0.2) is 39.3 Å². The van der Waals surface area contributed by atoms with Gasteiger partial charge in [0.05, 0.1) is 24.0 Å². The smallest absolute Gasteiger partial charge is 0.338 e. The third-order valence-corrected chi connectivity index (χ3v) is 8.16. The van der Waals surface area contributed by atoms with E-state index in [1.807, 2.05) is 24.3 Å². The molecule has 3 aromatic carbocycles. The SMILES string of the molecule is CCN(CC)c1cc2c(cc1Br)C(c1ccccc1C(=O)OC)c1cc(Br)c(N(CC)CC)cc1O2. The van der Waals surface area contributed by atoms with Gasteiger partial charge in [0.25, 0.3) is 0 Å². The first-order valence-corrected chi connectivity index (χ1v) is 14.0. The molecule has 1 aliphatic heterocycles. The van der Waals surface area contributed by atoms with E-state index in [-0.39, 0.29) is 11.9 Å². The van der Waals surface area contributed by atoms with Crippen molar-refractivity contribution >= 4 is 49.2 Å². The molecule has 0 radical (unpaired) electrons. The highest BCUT2D eigenvalue weighted by atomic mass is 79.9. The molecule has 0 amide bonds. The summed E-state index contributed by atoms with van der Waals surface area (Å²) in [6.45, 7) is 12.1. The molecule has 0 unspecified atom stereocenters. The molecular formula is C29H32Br2N2O3. The second-order valence-corrected chi connectivity index (χ2v) is 10.4. The van der Waals surface area contributed by atoms with Crippen LogP contribution in [0.2, 0.25) is 0 Å². The number of anilines is 2. The molecule has 0 spiro atoms. The molecule has 4 rings (SSSR count). The van der Waals surface area contributed by atoms with E-state index in [0.29, 0.717) is 5.56 Å². The number of rotatable bonds is 8. The predicted molar refractivity (Wildman–Crippen MR) is 154 cm³/mol. The van der Waals surface area contributed by atoms with E-state index in [0.717, 1.165) is 74.7 Å². The van der Waals surface area contributed by atoms with Gasteiger partial charge in [-0.2, -0.15) is 0 Å². The van der Waals surface area contributed by atoms with Crippen LogP contribution < -0.4 is 14.5 Å². The Kier molecular flexibility index (Phi) is 8.30. The van der Waals surface area contributed by atoms with Gasteiger partial charge in [-0.05, 0) is 83.3 Å². The van der Waals surface area contributed by atoms with Gasteiger partial charge in [-0.1, -0.05) is 18.2 Å². The van der Waals surface area contributed by atoms with Crippen LogP contribution in [0.3, 0.4) is 0 Å². The lowest BCUT2D eigenvalue weighted by Gasteiger charge is -2.33. The molecule has 190 valence electrons. The van der Waals surface area contributed by atoms with Crippen molar-refractivity contribution in [2.24, 2.45) is 0 Å². The zero-order valence-corrected chi connectivity index (χ0v) is 24.6. The molecule has 0 atom stereocenters. The predicted octanol–water partition coefficient (Wildman–Crippen LogP) is 7.98. The molecule has 36 heavy (non-hydrogen) atoms. The minimum Gasteiger partial charge on any atom is -0.465 e. The quantitative estimate of drug-likeness (QED) is 0.188. The van der Waals surface area contributed by atoms with E-state index in [1.54, 1.807) is 0 Å². The minimum atomic E-state index is -0.349. The minimum absolute atomic E-state index is 0.205. The topological polar surface area (TPSA) is 42.0 Å². The van der Waals surface area contributed by atoms with Crippen molar-refractivity contribution in [3.8, 4) is 11.5 Å². The van der Waals surface area contributed by atoms with Crippen LogP contribution in [0.25, 0.3) is 0 Å². The van der Waals surface area contributed by atoms with Crippen LogP contribution in [-0.2, 0) is 4.74 Å². The first-order chi connectivity index (χ1) is 17.4. The molecular weight excluding hydrogens is 584 g/mol. The fourth-order valence-electron chi connectivity index (χ4n) is 5.02. The number of nitrogens with zero attached hydrogens (tertiary/aromatic N) is 2. The standard InChI is InChI=1S/C29H32Br2N2O3/c1-6-32(7-2)24-16-26-20(14-22(24)30)28(18-12-10-11-13-19(18)29(34)35-5)21-15-23(31)25(17-27(21)36-26)33(8-3)9-4/h10-17,28H,6-9H2,1-5H3. The second-order valence-electron chi connectivity index (χ2n) is 8.64. The Morgan fingerprint density at radius 3 is 1.72 bits per heavy atom. The van der Waals surface area contributed by atoms with E-state index in [9.17, 15) is 4.79 Å².